The van der Waals surface area contributed by atoms with Crippen molar-refractivity contribution in [3.63, 3.8) is 0 Å². The van der Waals surface area contributed by atoms with Crippen LogP contribution in [0.3, 0.4) is 0 Å². The Hall–Kier alpha value is -3.85. The number of sulfonamides is 1. The fourth-order valence-corrected chi connectivity index (χ4v) is 5.68. The van der Waals surface area contributed by atoms with E-state index in [9.17, 15) is 18.0 Å². The second-order valence-electron chi connectivity index (χ2n) is 10.1. The molecule has 0 radical (unpaired) electrons. The van der Waals surface area contributed by atoms with Crippen LogP contribution < -0.4 is 14.4 Å². The molecule has 0 aliphatic rings. The van der Waals surface area contributed by atoms with Gasteiger partial charge in [-0.1, -0.05) is 68.8 Å². The molecule has 2 amide bonds. The predicted octanol–water partition coefficient (Wildman–Crippen LogP) is 4.78. The summed E-state index contributed by atoms with van der Waals surface area (Å²) >= 11 is 0. The van der Waals surface area contributed by atoms with Crippen molar-refractivity contribution in [1.82, 2.24) is 10.2 Å². The third-order valence-electron chi connectivity index (χ3n) is 6.49. The molecule has 0 unspecified atom stereocenters. The van der Waals surface area contributed by atoms with Gasteiger partial charge in [0.2, 0.25) is 11.8 Å². The Morgan fingerprint density at radius 2 is 1.62 bits per heavy atom. The van der Waals surface area contributed by atoms with E-state index in [0.29, 0.717) is 24.4 Å². The van der Waals surface area contributed by atoms with Crippen molar-refractivity contribution >= 4 is 27.5 Å². The molecule has 0 aromatic heterocycles. The number of para-hydroxylation sites is 1. The van der Waals surface area contributed by atoms with E-state index in [-0.39, 0.29) is 23.3 Å². The minimum Gasteiger partial charge on any atom is -0.497 e. The predicted molar refractivity (Wildman–Crippen MR) is 158 cm³/mol. The molecule has 0 saturated heterocycles. The number of nitrogens with zero attached hydrogens (tertiary/aromatic N) is 2. The number of aryl methyl sites for hydroxylation is 1. The maximum Gasteiger partial charge on any atom is 0.264 e. The first-order valence-electron chi connectivity index (χ1n) is 13.4. The third-order valence-corrected chi connectivity index (χ3v) is 8.28. The number of carbonyl (C=O) groups excluding carboxylic acids is 2. The number of nitrogens with one attached hydrogen (secondary N) is 1. The number of ether oxygens (including phenoxy) is 1. The van der Waals surface area contributed by atoms with Gasteiger partial charge in [-0.3, -0.25) is 13.9 Å². The molecule has 0 aliphatic carbocycles. The number of methoxy groups -OCH3 is 1. The third kappa shape index (κ3) is 7.85. The van der Waals surface area contributed by atoms with Crippen molar-refractivity contribution in [2.45, 2.75) is 51.6 Å². The number of hydrogen-bond donors (Lipinski definition) is 1. The summed E-state index contributed by atoms with van der Waals surface area (Å²) in [5.74, 6) is 0.0845. The Labute approximate surface area is 238 Å². The Morgan fingerprint density at radius 1 is 0.950 bits per heavy atom. The molecular weight excluding hydrogens is 526 g/mol. The van der Waals surface area contributed by atoms with E-state index in [4.69, 9.17) is 4.74 Å². The molecule has 40 heavy (non-hydrogen) atoms. The molecule has 0 aliphatic heterocycles. The Bertz CT molecular complexity index is 1380. The van der Waals surface area contributed by atoms with Crippen LogP contribution in [0.4, 0.5) is 5.69 Å². The maximum atomic E-state index is 14.1. The van der Waals surface area contributed by atoms with Gasteiger partial charge in [-0.05, 0) is 61.2 Å². The van der Waals surface area contributed by atoms with Gasteiger partial charge in [0.15, 0.2) is 0 Å². The summed E-state index contributed by atoms with van der Waals surface area (Å²) in [6.45, 7) is 7.80. The topological polar surface area (TPSA) is 96.0 Å². The number of benzene rings is 3. The number of carbonyl (C=O) groups is 2. The normalized spacial score (nSPS) is 12.1. The van der Waals surface area contributed by atoms with Crippen LogP contribution in [0.25, 0.3) is 0 Å². The van der Waals surface area contributed by atoms with E-state index >= 15 is 0 Å². The van der Waals surface area contributed by atoms with Crippen molar-refractivity contribution in [1.29, 1.82) is 0 Å². The molecule has 9 heteroatoms. The van der Waals surface area contributed by atoms with Gasteiger partial charge in [-0.15, -0.1) is 0 Å². The van der Waals surface area contributed by atoms with E-state index in [0.717, 1.165) is 15.4 Å². The van der Waals surface area contributed by atoms with Gasteiger partial charge in [0.1, 0.15) is 18.3 Å². The van der Waals surface area contributed by atoms with Gasteiger partial charge < -0.3 is 15.0 Å². The van der Waals surface area contributed by atoms with Crippen LogP contribution >= 0.6 is 0 Å². The molecule has 3 rings (SSSR count). The minimum atomic E-state index is -4.09. The van der Waals surface area contributed by atoms with E-state index in [1.54, 1.807) is 61.7 Å². The van der Waals surface area contributed by atoms with Crippen molar-refractivity contribution in [3.05, 3.63) is 90.0 Å². The molecule has 8 nitrogen and oxygen atoms in total. The van der Waals surface area contributed by atoms with E-state index in [1.807, 2.05) is 39.8 Å². The minimum absolute atomic E-state index is 0.0795. The maximum absolute atomic E-state index is 14.1. The average Bonchev–Trinajstić information content (AvgIpc) is 2.95. The lowest BCUT2D eigenvalue weighted by atomic mass is 10.1. The summed E-state index contributed by atoms with van der Waals surface area (Å²) in [6.07, 6.45) is 0.357. The highest BCUT2D eigenvalue weighted by Gasteiger charge is 2.33. The second-order valence-corrected chi connectivity index (χ2v) is 12.0. The Kier molecular flexibility index (Phi) is 10.7. The molecule has 0 bridgehead atoms. The number of anilines is 1. The largest absolute Gasteiger partial charge is 0.497 e. The summed E-state index contributed by atoms with van der Waals surface area (Å²) in [4.78, 5) is 28.9. The molecule has 0 fully saturated rings. The zero-order valence-corrected chi connectivity index (χ0v) is 24.6. The average molecular weight is 566 g/mol. The molecule has 3 aromatic carbocycles. The number of amides is 2. The Balaban J connectivity index is 2.03. The smallest absolute Gasteiger partial charge is 0.264 e. The first kappa shape index (κ1) is 30.7. The summed E-state index contributed by atoms with van der Waals surface area (Å²) in [5, 5.41) is 2.93. The van der Waals surface area contributed by atoms with E-state index in [2.05, 4.69) is 5.32 Å². The first-order chi connectivity index (χ1) is 19.1. The molecule has 0 spiro atoms. The van der Waals surface area contributed by atoms with Crippen molar-refractivity contribution in [2.24, 2.45) is 5.92 Å². The Morgan fingerprint density at radius 3 is 2.23 bits per heavy atom. The highest BCUT2D eigenvalue weighted by molar-refractivity contribution is 7.92. The van der Waals surface area contributed by atoms with Gasteiger partial charge in [0, 0.05) is 13.1 Å². The molecule has 0 saturated carbocycles. The zero-order valence-electron chi connectivity index (χ0n) is 23.8. The van der Waals surface area contributed by atoms with Crippen molar-refractivity contribution in [3.8, 4) is 5.75 Å². The van der Waals surface area contributed by atoms with Crippen molar-refractivity contribution in [2.75, 3.05) is 24.5 Å². The lowest BCUT2D eigenvalue weighted by molar-refractivity contribution is -0.140. The standard InChI is InChI=1S/C31H39N3O5S/c1-6-29(31(36)32-20-23(2)3)33(21-25-11-10-14-27(19-25)39-5)30(35)22-34(26-12-8-7-9-13-26)40(37,38)28-17-15-24(4)16-18-28/h7-19,23,29H,6,20-22H2,1-5H3,(H,32,36)/t29-/m1/s1. The summed E-state index contributed by atoms with van der Waals surface area (Å²) < 4.78 is 34.2. The monoisotopic (exact) mass is 565 g/mol. The van der Waals surface area contributed by atoms with Gasteiger partial charge in [-0.2, -0.15) is 0 Å². The molecule has 3 aromatic rings. The summed E-state index contributed by atoms with van der Waals surface area (Å²) in [6, 6.07) is 21.5. The SMILES string of the molecule is CC[C@H](C(=O)NCC(C)C)N(Cc1cccc(OC)c1)C(=O)CN(c1ccccc1)S(=O)(=O)c1ccc(C)cc1. The lowest BCUT2D eigenvalue weighted by Gasteiger charge is -2.33. The molecule has 0 heterocycles. The number of rotatable bonds is 13. The first-order valence-corrected chi connectivity index (χ1v) is 14.8. The second kappa shape index (κ2) is 14.0. The van der Waals surface area contributed by atoms with Crippen LogP contribution in [0.15, 0.2) is 83.8 Å². The van der Waals surface area contributed by atoms with Crippen LogP contribution in [0.1, 0.15) is 38.3 Å². The highest BCUT2D eigenvalue weighted by Crippen LogP contribution is 2.25. The molecule has 1 atom stereocenters. The van der Waals surface area contributed by atoms with Crippen LogP contribution in [0.5, 0.6) is 5.75 Å². The van der Waals surface area contributed by atoms with Gasteiger partial charge in [0.05, 0.1) is 17.7 Å². The van der Waals surface area contributed by atoms with Crippen molar-refractivity contribution < 1.29 is 22.7 Å². The zero-order chi connectivity index (χ0) is 29.3. The molecule has 1 N–H and O–H groups in total. The fraction of sp³-hybridized carbons (Fsp3) is 0.355. The van der Waals surface area contributed by atoms with Gasteiger partial charge >= 0.3 is 0 Å². The van der Waals surface area contributed by atoms with Gasteiger partial charge in [-0.25, -0.2) is 8.42 Å². The molecule has 214 valence electrons. The van der Waals surface area contributed by atoms with Crippen LogP contribution in [0.2, 0.25) is 0 Å². The lowest BCUT2D eigenvalue weighted by Crippen LogP contribution is -2.52. The molecular formula is C31H39N3O5S. The van der Waals surface area contributed by atoms with Gasteiger partial charge in [0.25, 0.3) is 10.0 Å². The van der Waals surface area contributed by atoms with Crippen LogP contribution in [-0.4, -0.2) is 51.4 Å². The quantitative estimate of drug-likeness (QED) is 0.322. The summed E-state index contributed by atoms with van der Waals surface area (Å²) in [5.41, 5.74) is 2.04. The van der Waals surface area contributed by atoms with Crippen LogP contribution in [-0.2, 0) is 26.2 Å². The highest BCUT2D eigenvalue weighted by atomic mass is 32.2. The van der Waals surface area contributed by atoms with E-state index < -0.39 is 28.5 Å². The van der Waals surface area contributed by atoms with Crippen LogP contribution in [0, 0.1) is 12.8 Å². The van der Waals surface area contributed by atoms with E-state index in [1.165, 1.54) is 17.0 Å². The number of hydrogen-bond acceptors (Lipinski definition) is 5. The summed E-state index contributed by atoms with van der Waals surface area (Å²) in [7, 11) is -2.53. The fourth-order valence-electron chi connectivity index (χ4n) is 4.27.